The number of nitrogens with zero attached hydrogens (tertiary/aromatic N) is 2. The largest absolute Gasteiger partial charge is 0.479 e. The van der Waals surface area contributed by atoms with E-state index in [1.807, 2.05) is 0 Å². The summed E-state index contributed by atoms with van der Waals surface area (Å²) in [4.78, 5) is 1.17. The molecule has 0 fully saturated rings. The molecule has 3 nitrogen and oxygen atoms in total. The number of hydrogen-bond donors (Lipinski definition) is 0. The molecule has 1 aliphatic rings. The molecule has 1 aromatic rings. The molecule has 23 heavy (non-hydrogen) atoms. The van der Waals surface area contributed by atoms with Gasteiger partial charge in [-0.15, -0.1) is 0 Å². The van der Waals surface area contributed by atoms with E-state index in [0.717, 1.165) is 6.07 Å². The minimum atomic E-state index is -2.64. The van der Waals surface area contributed by atoms with Crippen LogP contribution in [0, 0.1) is 17.1 Å². The van der Waals surface area contributed by atoms with Gasteiger partial charge in [0.25, 0.3) is 6.43 Å². The summed E-state index contributed by atoms with van der Waals surface area (Å²) in [5.41, 5.74) is 0.509. The van der Waals surface area contributed by atoms with Gasteiger partial charge in [-0.1, -0.05) is 18.2 Å². The molecule has 0 saturated carbocycles. The van der Waals surface area contributed by atoms with Crippen molar-refractivity contribution in [3.63, 3.8) is 0 Å². The first-order valence-electron chi connectivity index (χ1n) is 6.56. The molecular formula is C16H12ClF3N2O. The number of alkyl halides is 2. The van der Waals surface area contributed by atoms with Crippen LogP contribution in [0.1, 0.15) is 5.56 Å². The van der Waals surface area contributed by atoms with Gasteiger partial charge in [0.1, 0.15) is 17.6 Å². The second-order valence-electron chi connectivity index (χ2n) is 4.60. The molecule has 0 aliphatic carbocycles. The third kappa shape index (κ3) is 3.88. The lowest BCUT2D eigenvalue weighted by atomic mass is 10.1. The smallest absolute Gasteiger partial charge is 0.256 e. The Morgan fingerprint density at radius 1 is 1.35 bits per heavy atom. The number of nitriles is 1. The molecule has 0 unspecified atom stereocenters. The molecule has 1 heterocycles. The third-order valence-electron chi connectivity index (χ3n) is 3.12. The van der Waals surface area contributed by atoms with E-state index in [4.69, 9.17) is 21.6 Å². The minimum absolute atomic E-state index is 0.108. The average molecular weight is 341 g/mol. The minimum Gasteiger partial charge on any atom is -0.479 e. The third-order valence-corrected chi connectivity index (χ3v) is 3.46. The van der Waals surface area contributed by atoms with E-state index < -0.39 is 18.8 Å². The molecule has 7 heteroatoms. The van der Waals surface area contributed by atoms with E-state index in [9.17, 15) is 13.2 Å². The van der Waals surface area contributed by atoms with Crippen molar-refractivity contribution in [1.29, 1.82) is 5.26 Å². The molecule has 1 aliphatic heterocycles. The number of hydrogen-bond acceptors (Lipinski definition) is 3. The van der Waals surface area contributed by atoms with Gasteiger partial charge in [-0.05, 0) is 24.3 Å². The van der Waals surface area contributed by atoms with Crippen LogP contribution < -0.4 is 4.74 Å². The van der Waals surface area contributed by atoms with Crippen LogP contribution in [0.4, 0.5) is 13.2 Å². The fraction of sp³-hybridized carbons (Fsp3) is 0.188. The van der Waals surface area contributed by atoms with Gasteiger partial charge >= 0.3 is 0 Å². The molecule has 0 atom stereocenters. The van der Waals surface area contributed by atoms with Crippen LogP contribution in [0.2, 0.25) is 0 Å². The molecule has 120 valence electrons. The van der Waals surface area contributed by atoms with Gasteiger partial charge in [0.2, 0.25) is 0 Å². The van der Waals surface area contributed by atoms with E-state index in [2.05, 4.69) is 6.58 Å². The van der Waals surface area contributed by atoms with Crippen molar-refractivity contribution >= 4 is 17.3 Å². The summed E-state index contributed by atoms with van der Waals surface area (Å²) in [5, 5.41) is 8.66. The second kappa shape index (κ2) is 7.25. The Morgan fingerprint density at radius 3 is 2.70 bits per heavy atom. The van der Waals surface area contributed by atoms with Crippen molar-refractivity contribution < 1.29 is 17.9 Å². The fourth-order valence-corrected chi connectivity index (χ4v) is 2.27. The van der Waals surface area contributed by atoms with E-state index >= 15 is 0 Å². The van der Waals surface area contributed by atoms with Crippen molar-refractivity contribution in [2.45, 2.75) is 6.43 Å². The topological polar surface area (TPSA) is 36.3 Å². The summed E-state index contributed by atoms with van der Waals surface area (Å²) in [6.45, 7) is 2.80. The lowest BCUT2D eigenvalue weighted by molar-refractivity contribution is 0.123. The van der Waals surface area contributed by atoms with Crippen LogP contribution in [-0.2, 0) is 0 Å². The molecular weight excluding hydrogens is 329 g/mol. The van der Waals surface area contributed by atoms with Gasteiger partial charge in [0.15, 0.2) is 6.61 Å². The van der Waals surface area contributed by atoms with Gasteiger partial charge in [-0.25, -0.2) is 13.2 Å². The molecule has 2 rings (SSSR count). The number of ether oxygens (including phenoxy) is 1. The number of benzene rings is 1. The summed E-state index contributed by atoms with van der Waals surface area (Å²) in [6, 6.07) is 5.72. The lowest BCUT2D eigenvalue weighted by Crippen LogP contribution is -2.28. The summed E-state index contributed by atoms with van der Waals surface area (Å²) in [7, 11) is 0. The molecule has 0 saturated heterocycles. The molecule has 1 aromatic carbocycles. The summed E-state index contributed by atoms with van der Waals surface area (Å²) in [5.74, 6) is -0.484. The Labute approximate surface area is 136 Å². The predicted octanol–water partition coefficient (Wildman–Crippen LogP) is 4.29. The standard InChI is InChI=1S/C16H12ClF3N2O/c1-10-13(17)4-5-15(22(10)9-16(19)20)12-3-2-11(8-14(12)18)23-7-6-21/h2-5,8,16H,1,7,9H2. The van der Waals surface area contributed by atoms with Gasteiger partial charge in [-0.3, -0.25) is 0 Å². The van der Waals surface area contributed by atoms with Crippen molar-refractivity contribution in [3.05, 3.63) is 59.0 Å². The van der Waals surface area contributed by atoms with E-state index in [0.29, 0.717) is 0 Å². The van der Waals surface area contributed by atoms with Crippen LogP contribution in [0.15, 0.2) is 47.7 Å². The van der Waals surface area contributed by atoms with Gasteiger partial charge in [0.05, 0.1) is 23.0 Å². The maximum atomic E-state index is 14.3. The zero-order chi connectivity index (χ0) is 17.0. The normalized spacial score (nSPS) is 14.4. The summed E-state index contributed by atoms with van der Waals surface area (Å²) in [6.07, 6.45) is 0.285. The highest BCUT2D eigenvalue weighted by molar-refractivity contribution is 6.32. The summed E-state index contributed by atoms with van der Waals surface area (Å²) >= 11 is 5.91. The van der Waals surface area contributed by atoms with Crippen molar-refractivity contribution in [2.75, 3.05) is 13.2 Å². The maximum Gasteiger partial charge on any atom is 0.256 e. The Balaban J connectivity index is 2.38. The zero-order valence-electron chi connectivity index (χ0n) is 11.9. The first-order chi connectivity index (χ1) is 10.9. The molecule has 0 bridgehead atoms. The quantitative estimate of drug-likeness (QED) is 0.802. The molecule has 0 amide bonds. The van der Waals surface area contributed by atoms with Gasteiger partial charge in [-0.2, -0.15) is 5.26 Å². The number of rotatable bonds is 5. The highest BCUT2D eigenvalue weighted by atomic mass is 35.5. The van der Waals surface area contributed by atoms with Crippen molar-refractivity contribution in [1.82, 2.24) is 4.90 Å². The van der Waals surface area contributed by atoms with Gasteiger partial charge in [0, 0.05) is 11.6 Å². The van der Waals surface area contributed by atoms with E-state index in [-0.39, 0.29) is 34.3 Å². The van der Waals surface area contributed by atoms with Crippen LogP contribution in [0.3, 0.4) is 0 Å². The molecule has 0 N–H and O–H groups in total. The Morgan fingerprint density at radius 2 is 2.09 bits per heavy atom. The first-order valence-corrected chi connectivity index (χ1v) is 6.94. The average Bonchev–Trinajstić information content (AvgIpc) is 2.50. The second-order valence-corrected chi connectivity index (χ2v) is 5.01. The van der Waals surface area contributed by atoms with Crippen LogP contribution in [0.25, 0.3) is 5.70 Å². The Bertz CT molecular complexity index is 723. The zero-order valence-corrected chi connectivity index (χ0v) is 12.7. The Hall–Kier alpha value is -2.39. The van der Waals surface area contributed by atoms with E-state index in [1.165, 1.54) is 29.2 Å². The number of allylic oxidation sites excluding steroid dienone is 3. The van der Waals surface area contributed by atoms with Gasteiger partial charge < -0.3 is 9.64 Å². The fourth-order valence-electron chi connectivity index (χ4n) is 2.10. The first kappa shape index (κ1) is 17.0. The van der Waals surface area contributed by atoms with Crippen molar-refractivity contribution in [2.24, 2.45) is 0 Å². The summed E-state index contributed by atoms with van der Waals surface area (Å²) < 4.78 is 44.9. The SMILES string of the molecule is C=C1C(Cl)=CC=C(c2ccc(OCC#N)cc2F)N1CC(F)F. The van der Waals surface area contributed by atoms with E-state index in [1.54, 1.807) is 6.07 Å². The van der Waals surface area contributed by atoms with Crippen molar-refractivity contribution in [3.8, 4) is 11.8 Å². The Kier molecular flexibility index (Phi) is 5.35. The molecule has 0 radical (unpaired) electrons. The predicted molar refractivity (Wildman–Crippen MR) is 81.3 cm³/mol. The molecule has 0 aromatic heterocycles. The monoisotopic (exact) mass is 340 g/mol. The maximum absolute atomic E-state index is 14.3. The molecule has 0 spiro atoms. The van der Waals surface area contributed by atoms with Crippen LogP contribution in [0.5, 0.6) is 5.75 Å². The number of halogens is 4. The highest BCUT2D eigenvalue weighted by Gasteiger charge is 2.25. The highest BCUT2D eigenvalue weighted by Crippen LogP contribution is 2.34. The van der Waals surface area contributed by atoms with Crippen LogP contribution >= 0.6 is 11.6 Å². The van der Waals surface area contributed by atoms with Crippen LogP contribution in [-0.4, -0.2) is 24.5 Å². The lowest BCUT2D eigenvalue weighted by Gasteiger charge is -2.31.